The van der Waals surface area contributed by atoms with Gasteiger partial charge in [-0.2, -0.15) is 0 Å². The Kier molecular flexibility index (Phi) is 6.39. The van der Waals surface area contributed by atoms with E-state index in [-0.39, 0.29) is 24.1 Å². The van der Waals surface area contributed by atoms with Crippen molar-refractivity contribution < 1.29 is 13.9 Å². The lowest BCUT2D eigenvalue weighted by atomic mass is 9.78. The number of hydrogen-bond donors (Lipinski definition) is 2. The van der Waals surface area contributed by atoms with E-state index in [9.17, 15) is 9.18 Å². The molecule has 6 heteroatoms. The Morgan fingerprint density at radius 2 is 2.15 bits per heavy atom. The second kappa shape index (κ2) is 7.57. The van der Waals surface area contributed by atoms with Gasteiger partial charge in [0.2, 0.25) is 5.91 Å². The normalized spacial score (nSPS) is 17.1. The molecule has 20 heavy (non-hydrogen) atoms. The van der Waals surface area contributed by atoms with Crippen LogP contribution in [0.2, 0.25) is 0 Å². The van der Waals surface area contributed by atoms with Crippen LogP contribution in [0.25, 0.3) is 0 Å². The number of halogens is 2. The molecule has 1 aromatic rings. The van der Waals surface area contributed by atoms with E-state index in [1.165, 1.54) is 12.1 Å². The summed E-state index contributed by atoms with van der Waals surface area (Å²) in [4.78, 5) is 12.4. The zero-order chi connectivity index (χ0) is 13.7. The summed E-state index contributed by atoms with van der Waals surface area (Å²) in [6.07, 6.45) is 1.45. The van der Waals surface area contributed by atoms with Crippen LogP contribution >= 0.6 is 12.4 Å². The Morgan fingerprint density at radius 3 is 2.75 bits per heavy atom. The molecule has 1 heterocycles. The van der Waals surface area contributed by atoms with Gasteiger partial charge in [-0.15, -0.1) is 12.4 Å². The molecule has 0 atom stereocenters. The number of amides is 1. The second-order valence-electron chi connectivity index (χ2n) is 4.93. The zero-order valence-corrected chi connectivity index (χ0v) is 12.3. The van der Waals surface area contributed by atoms with Crippen molar-refractivity contribution in [1.29, 1.82) is 0 Å². The second-order valence-corrected chi connectivity index (χ2v) is 4.93. The molecule has 2 N–H and O–H groups in total. The van der Waals surface area contributed by atoms with Gasteiger partial charge in [0.25, 0.3) is 0 Å². The maximum absolute atomic E-state index is 13.1. The van der Waals surface area contributed by atoms with Gasteiger partial charge in [-0.1, -0.05) is 6.07 Å². The third-order valence-electron chi connectivity index (χ3n) is 3.55. The van der Waals surface area contributed by atoms with E-state index in [4.69, 9.17) is 4.74 Å². The quantitative estimate of drug-likeness (QED) is 0.896. The summed E-state index contributed by atoms with van der Waals surface area (Å²) in [5.74, 6) is -0.453. The minimum absolute atomic E-state index is 0. The predicted octanol–water partition coefficient (Wildman–Crippen LogP) is 2.20. The highest BCUT2D eigenvalue weighted by Crippen LogP contribution is 2.30. The average Bonchev–Trinajstić information content (AvgIpc) is 2.40. The Hall–Kier alpha value is -1.17. The first kappa shape index (κ1) is 16.9. The zero-order valence-electron chi connectivity index (χ0n) is 11.4. The highest BCUT2D eigenvalue weighted by Gasteiger charge is 2.39. The van der Waals surface area contributed by atoms with Crippen LogP contribution in [0.1, 0.15) is 12.8 Å². The van der Waals surface area contributed by atoms with E-state index in [1.54, 1.807) is 19.2 Å². The molecular formula is C14H20ClFN2O2. The van der Waals surface area contributed by atoms with Gasteiger partial charge in [-0.25, -0.2) is 4.39 Å². The van der Waals surface area contributed by atoms with E-state index in [1.807, 2.05) is 0 Å². The summed E-state index contributed by atoms with van der Waals surface area (Å²) in [5, 5.41) is 6.02. The molecule has 1 aliphatic rings. The lowest BCUT2D eigenvalue weighted by Crippen LogP contribution is -2.47. The average molecular weight is 303 g/mol. The monoisotopic (exact) mass is 302 g/mol. The lowest BCUT2D eigenvalue weighted by Gasteiger charge is -2.35. The fraction of sp³-hybridized carbons (Fsp3) is 0.500. The molecule has 1 amide bonds. The molecule has 0 bridgehead atoms. The Morgan fingerprint density at radius 1 is 1.45 bits per heavy atom. The van der Waals surface area contributed by atoms with Crippen molar-refractivity contribution in [3.05, 3.63) is 30.1 Å². The van der Waals surface area contributed by atoms with Crippen LogP contribution < -0.4 is 10.6 Å². The molecule has 1 aliphatic heterocycles. The van der Waals surface area contributed by atoms with Gasteiger partial charge < -0.3 is 15.4 Å². The summed E-state index contributed by atoms with van der Waals surface area (Å²) in [6, 6.07) is 5.93. The van der Waals surface area contributed by atoms with Crippen molar-refractivity contribution in [2.24, 2.45) is 5.41 Å². The van der Waals surface area contributed by atoms with Gasteiger partial charge in [-0.3, -0.25) is 4.79 Å². The molecule has 112 valence electrons. The highest BCUT2D eigenvalue weighted by molar-refractivity contribution is 5.95. The van der Waals surface area contributed by atoms with Gasteiger partial charge in [0, 0.05) is 12.8 Å². The van der Waals surface area contributed by atoms with Crippen molar-refractivity contribution in [2.45, 2.75) is 12.8 Å². The maximum atomic E-state index is 13.1. The predicted molar refractivity (Wildman–Crippen MR) is 78.7 cm³/mol. The number of benzene rings is 1. The molecule has 0 saturated carbocycles. The molecule has 4 nitrogen and oxygen atoms in total. The summed E-state index contributed by atoms with van der Waals surface area (Å²) in [5.41, 5.74) is -0.0363. The molecule has 1 aromatic carbocycles. The largest absolute Gasteiger partial charge is 0.384 e. The molecule has 1 saturated heterocycles. The van der Waals surface area contributed by atoms with Crippen LogP contribution in [0.5, 0.6) is 0 Å². The first-order valence-electron chi connectivity index (χ1n) is 6.43. The molecule has 0 spiro atoms. The van der Waals surface area contributed by atoms with Crippen LogP contribution in [-0.2, 0) is 9.53 Å². The maximum Gasteiger partial charge on any atom is 0.233 e. The first-order chi connectivity index (χ1) is 9.16. The number of rotatable bonds is 4. The number of carbonyl (C=O) groups excluding carboxylic acids is 1. The van der Waals surface area contributed by atoms with E-state index in [0.717, 1.165) is 25.9 Å². The van der Waals surface area contributed by atoms with Gasteiger partial charge in [0.05, 0.1) is 12.0 Å². The molecule has 2 rings (SSSR count). The summed E-state index contributed by atoms with van der Waals surface area (Å²) < 4.78 is 18.3. The fourth-order valence-electron chi connectivity index (χ4n) is 2.45. The van der Waals surface area contributed by atoms with E-state index in [0.29, 0.717) is 12.3 Å². The van der Waals surface area contributed by atoms with Crippen LogP contribution in [-0.4, -0.2) is 32.7 Å². The highest BCUT2D eigenvalue weighted by atomic mass is 35.5. The smallest absolute Gasteiger partial charge is 0.233 e. The van der Waals surface area contributed by atoms with Crippen molar-refractivity contribution in [3.8, 4) is 0 Å². The number of nitrogens with one attached hydrogen (secondary N) is 2. The number of carbonyl (C=O) groups is 1. The number of anilines is 1. The van der Waals surface area contributed by atoms with E-state index >= 15 is 0 Å². The summed E-state index contributed by atoms with van der Waals surface area (Å²) in [7, 11) is 1.60. The Bertz CT molecular complexity index is 445. The summed E-state index contributed by atoms with van der Waals surface area (Å²) in [6.45, 7) is 1.97. The van der Waals surface area contributed by atoms with E-state index in [2.05, 4.69) is 10.6 Å². The molecule has 0 radical (unpaired) electrons. The van der Waals surface area contributed by atoms with Crippen LogP contribution in [0.4, 0.5) is 10.1 Å². The van der Waals surface area contributed by atoms with Crippen molar-refractivity contribution in [2.75, 3.05) is 32.1 Å². The SMILES string of the molecule is COCC1(C(=O)Nc2cccc(F)c2)CCNCC1.Cl. The lowest BCUT2D eigenvalue weighted by molar-refractivity contribution is -0.130. The van der Waals surface area contributed by atoms with Gasteiger partial charge in [-0.05, 0) is 44.1 Å². The van der Waals surface area contributed by atoms with Crippen molar-refractivity contribution >= 4 is 24.0 Å². The van der Waals surface area contributed by atoms with Crippen LogP contribution in [0, 0.1) is 11.2 Å². The standard InChI is InChI=1S/C14H19FN2O2.ClH/c1-19-10-14(5-7-16-8-6-14)13(18)17-12-4-2-3-11(15)9-12;/h2-4,9,16H,5-8,10H2,1H3,(H,17,18);1H. The topological polar surface area (TPSA) is 50.4 Å². The molecular weight excluding hydrogens is 283 g/mol. The first-order valence-corrected chi connectivity index (χ1v) is 6.43. The number of hydrogen-bond acceptors (Lipinski definition) is 3. The van der Waals surface area contributed by atoms with Crippen LogP contribution in [0.15, 0.2) is 24.3 Å². The Labute approximate surface area is 124 Å². The van der Waals surface area contributed by atoms with Crippen molar-refractivity contribution in [3.63, 3.8) is 0 Å². The molecule has 0 aliphatic carbocycles. The van der Waals surface area contributed by atoms with Gasteiger partial charge in [0.15, 0.2) is 0 Å². The summed E-state index contributed by atoms with van der Waals surface area (Å²) >= 11 is 0. The third kappa shape index (κ3) is 3.91. The fourth-order valence-corrected chi connectivity index (χ4v) is 2.45. The van der Waals surface area contributed by atoms with Crippen molar-refractivity contribution in [1.82, 2.24) is 5.32 Å². The third-order valence-corrected chi connectivity index (χ3v) is 3.55. The minimum Gasteiger partial charge on any atom is -0.384 e. The van der Waals surface area contributed by atoms with Crippen LogP contribution in [0.3, 0.4) is 0 Å². The minimum atomic E-state index is -0.522. The number of ether oxygens (including phenoxy) is 1. The molecule has 0 unspecified atom stereocenters. The Balaban J connectivity index is 0.00000200. The number of methoxy groups -OCH3 is 1. The van der Waals surface area contributed by atoms with Gasteiger partial charge >= 0.3 is 0 Å². The van der Waals surface area contributed by atoms with Gasteiger partial charge in [0.1, 0.15) is 5.82 Å². The number of piperidine rings is 1. The molecule has 1 fully saturated rings. The van der Waals surface area contributed by atoms with E-state index < -0.39 is 5.41 Å². The molecule has 0 aromatic heterocycles.